The molecule has 0 aliphatic heterocycles. The van der Waals surface area contributed by atoms with Gasteiger partial charge in [-0.05, 0) is 12.8 Å². The number of hydrogen-bond donors (Lipinski definition) is 0. The summed E-state index contributed by atoms with van der Waals surface area (Å²) in [6.07, 6.45) is 6.74. The lowest BCUT2D eigenvalue weighted by Crippen LogP contribution is -2.00. The molecule has 0 saturated heterocycles. The van der Waals surface area contributed by atoms with E-state index in [1.54, 1.807) is 0 Å². The van der Waals surface area contributed by atoms with Gasteiger partial charge in [0.15, 0.2) is 0 Å². The van der Waals surface area contributed by atoms with Gasteiger partial charge in [0.25, 0.3) is 0 Å². The van der Waals surface area contributed by atoms with Crippen LogP contribution in [0.2, 0.25) is 0 Å². The van der Waals surface area contributed by atoms with Crippen molar-refractivity contribution in [2.24, 2.45) is 0 Å². The van der Waals surface area contributed by atoms with Crippen LogP contribution in [0.4, 0.5) is 0 Å². The van der Waals surface area contributed by atoms with Gasteiger partial charge in [-0.2, -0.15) is 0 Å². The second kappa shape index (κ2) is 5.77. The number of allylic oxidation sites excluding steroid dienone is 2. The van der Waals surface area contributed by atoms with Gasteiger partial charge in [-0.1, -0.05) is 28.1 Å². The quantitative estimate of drug-likeness (QED) is 0.543. The van der Waals surface area contributed by atoms with Crippen molar-refractivity contribution < 1.29 is 8.42 Å². The zero-order valence-corrected chi connectivity index (χ0v) is 8.99. The molecule has 0 saturated carbocycles. The van der Waals surface area contributed by atoms with Crippen molar-refractivity contribution in [3.63, 3.8) is 0 Å². The van der Waals surface area contributed by atoms with Crippen LogP contribution >= 0.6 is 15.9 Å². The molecular weight excluding hydrogens is 228 g/mol. The Kier molecular flexibility index (Phi) is 5.86. The normalized spacial score (nSPS) is 12.5. The van der Waals surface area contributed by atoms with Gasteiger partial charge in [0.05, 0.1) is 5.75 Å². The Bertz CT molecular complexity index is 206. The number of halogens is 1. The Balaban J connectivity index is 3.42. The van der Waals surface area contributed by atoms with Crippen LogP contribution in [0.15, 0.2) is 12.2 Å². The third-order valence-electron chi connectivity index (χ3n) is 1.10. The van der Waals surface area contributed by atoms with E-state index in [2.05, 4.69) is 15.9 Å². The van der Waals surface area contributed by atoms with Crippen LogP contribution in [0.25, 0.3) is 0 Å². The smallest absolute Gasteiger partial charge is 0.147 e. The highest BCUT2D eigenvalue weighted by Gasteiger charge is 1.97. The van der Waals surface area contributed by atoms with Crippen molar-refractivity contribution >= 4 is 25.8 Å². The molecule has 0 bridgehead atoms. The maximum absolute atomic E-state index is 10.6. The molecule has 0 radical (unpaired) electrons. The Labute approximate surface area is 76.7 Å². The van der Waals surface area contributed by atoms with Crippen LogP contribution in [-0.4, -0.2) is 25.8 Å². The summed E-state index contributed by atoms with van der Waals surface area (Å²) < 4.78 is 21.2. The molecule has 0 fully saturated rings. The predicted octanol–water partition coefficient (Wildman–Crippen LogP) is 1.76. The molecule has 0 amide bonds. The molecule has 0 aliphatic rings. The lowest BCUT2D eigenvalue weighted by Gasteiger charge is -1.91. The molecule has 0 aromatic carbocycles. The molecule has 4 heteroatoms. The highest BCUT2D eigenvalue weighted by molar-refractivity contribution is 9.09. The van der Waals surface area contributed by atoms with E-state index in [1.807, 2.05) is 12.2 Å². The predicted molar refractivity (Wildman–Crippen MR) is 51.9 cm³/mol. The topological polar surface area (TPSA) is 34.1 Å². The molecule has 0 aromatic heterocycles. The van der Waals surface area contributed by atoms with E-state index in [9.17, 15) is 8.42 Å². The molecule has 0 aliphatic carbocycles. The average molecular weight is 241 g/mol. The van der Waals surface area contributed by atoms with E-state index in [0.29, 0.717) is 6.42 Å². The fraction of sp³-hybridized carbons (Fsp3) is 0.714. The zero-order valence-electron chi connectivity index (χ0n) is 6.59. The van der Waals surface area contributed by atoms with Gasteiger partial charge >= 0.3 is 0 Å². The maximum Gasteiger partial charge on any atom is 0.147 e. The Hall–Kier alpha value is 0.170. The minimum atomic E-state index is -2.77. The highest BCUT2D eigenvalue weighted by atomic mass is 79.9. The maximum atomic E-state index is 10.6. The molecule has 0 rings (SSSR count). The van der Waals surface area contributed by atoms with Crippen LogP contribution in [0.5, 0.6) is 0 Å². The minimum absolute atomic E-state index is 0.256. The lowest BCUT2D eigenvalue weighted by molar-refractivity contribution is 0.601. The molecule has 66 valence electrons. The van der Waals surface area contributed by atoms with E-state index >= 15 is 0 Å². The summed E-state index contributed by atoms with van der Waals surface area (Å²) in [5.74, 6) is 0.256. The minimum Gasteiger partial charge on any atom is -0.229 e. The number of alkyl halides is 1. The van der Waals surface area contributed by atoms with Gasteiger partial charge in [-0.25, -0.2) is 8.42 Å². The van der Waals surface area contributed by atoms with Gasteiger partial charge in [0.2, 0.25) is 0 Å². The first-order valence-electron chi connectivity index (χ1n) is 3.45. The lowest BCUT2D eigenvalue weighted by atomic mass is 10.4. The fourth-order valence-corrected chi connectivity index (χ4v) is 1.41. The van der Waals surface area contributed by atoms with Crippen LogP contribution in [0.3, 0.4) is 0 Å². The molecule has 0 N–H and O–H groups in total. The fourth-order valence-electron chi connectivity index (χ4n) is 0.581. The van der Waals surface area contributed by atoms with Gasteiger partial charge in [-0.15, -0.1) is 0 Å². The van der Waals surface area contributed by atoms with Crippen molar-refractivity contribution in [2.75, 3.05) is 17.3 Å². The number of hydrogen-bond acceptors (Lipinski definition) is 2. The zero-order chi connectivity index (χ0) is 8.74. The summed E-state index contributed by atoms with van der Waals surface area (Å²) in [6.45, 7) is 0. The second-order valence-electron chi connectivity index (χ2n) is 2.37. The van der Waals surface area contributed by atoms with Gasteiger partial charge in [-0.3, -0.25) is 0 Å². The molecule has 0 atom stereocenters. The largest absolute Gasteiger partial charge is 0.229 e. The van der Waals surface area contributed by atoms with Crippen molar-refractivity contribution in [3.05, 3.63) is 12.2 Å². The molecule has 0 heterocycles. The van der Waals surface area contributed by atoms with Crippen molar-refractivity contribution in [3.8, 4) is 0 Å². The van der Waals surface area contributed by atoms with E-state index < -0.39 is 9.84 Å². The summed E-state index contributed by atoms with van der Waals surface area (Å²) in [4.78, 5) is 0. The summed E-state index contributed by atoms with van der Waals surface area (Å²) in [5.41, 5.74) is 0. The van der Waals surface area contributed by atoms with E-state index in [1.165, 1.54) is 6.26 Å². The summed E-state index contributed by atoms with van der Waals surface area (Å²) in [6, 6.07) is 0. The molecule has 0 spiro atoms. The molecule has 0 unspecified atom stereocenters. The average Bonchev–Trinajstić information content (AvgIpc) is 1.85. The van der Waals surface area contributed by atoms with Gasteiger partial charge < -0.3 is 0 Å². The first kappa shape index (κ1) is 11.2. The SMILES string of the molecule is CS(=O)(=O)CCC=CCCBr. The second-order valence-corrected chi connectivity index (χ2v) is 5.42. The molecule has 2 nitrogen and oxygen atoms in total. The molecule has 11 heavy (non-hydrogen) atoms. The van der Waals surface area contributed by atoms with E-state index in [4.69, 9.17) is 0 Å². The Morgan fingerprint density at radius 2 is 1.82 bits per heavy atom. The van der Waals surface area contributed by atoms with Gasteiger partial charge in [0, 0.05) is 11.6 Å². The third-order valence-corrected chi connectivity index (χ3v) is 2.53. The first-order valence-corrected chi connectivity index (χ1v) is 6.63. The van der Waals surface area contributed by atoms with E-state index in [-0.39, 0.29) is 5.75 Å². The molecular formula is C7H13BrO2S. The molecule has 0 aromatic rings. The van der Waals surface area contributed by atoms with Crippen LogP contribution < -0.4 is 0 Å². The van der Waals surface area contributed by atoms with E-state index in [0.717, 1.165) is 11.8 Å². The number of rotatable bonds is 5. The summed E-state index contributed by atoms with van der Waals surface area (Å²) in [5, 5.41) is 0.933. The van der Waals surface area contributed by atoms with Gasteiger partial charge in [0.1, 0.15) is 9.84 Å². The van der Waals surface area contributed by atoms with Crippen molar-refractivity contribution in [2.45, 2.75) is 12.8 Å². The first-order chi connectivity index (χ1) is 5.06. The Morgan fingerprint density at radius 1 is 1.27 bits per heavy atom. The van der Waals surface area contributed by atoms with Crippen molar-refractivity contribution in [1.82, 2.24) is 0 Å². The number of sulfone groups is 1. The van der Waals surface area contributed by atoms with Crippen LogP contribution in [0, 0.1) is 0 Å². The highest BCUT2D eigenvalue weighted by Crippen LogP contribution is 1.94. The third kappa shape index (κ3) is 10.2. The standard InChI is InChI=1S/C7H13BrO2S/c1-11(9,10)7-5-3-2-4-6-8/h2-3H,4-7H2,1H3. The Morgan fingerprint density at radius 3 is 2.27 bits per heavy atom. The van der Waals surface area contributed by atoms with Crippen LogP contribution in [-0.2, 0) is 9.84 Å². The van der Waals surface area contributed by atoms with Crippen molar-refractivity contribution in [1.29, 1.82) is 0 Å². The van der Waals surface area contributed by atoms with Crippen LogP contribution in [0.1, 0.15) is 12.8 Å². The summed E-state index contributed by atoms with van der Waals surface area (Å²) >= 11 is 3.27. The monoisotopic (exact) mass is 240 g/mol. The summed E-state index contributed by atoms with van der Waals surface area (Å²) in [7, 11) is -2.77.